The summed E-state index contributed by atoms with van der Waals surface area (Å²) in [6.45, 7) is 4.57. The Hall–Kier alpha value is -1.14. The van der Waals surface area contributed by atoms with Crippen LogP contribution in [0.2, 0.25) is 0 Å². The van der Waals surface area contributed by atoms with Gasteiger partial charge in [0.15, 0.2) is 0 Å². The normalized spacial score (nSPS) is 13.4. The Bertz CT molecular complexity index is 462. The third-order valence-corrected chi connectivity index (χ3v) is 4.04. The summed E-state index contributed by atoms with van der Waals surface area (Å²) in [6.07, 6.45) is 0. The summed E-state index contributed by atoms with van der Waals surface area (Å²) < 4.78 is 38.9. The van der Waals surface area contributed by atoms with Gasteiger partial charge in [0, 0.05) is 6.54 Å². The molecule has 1 rings (SSSR count). The minimum atomic E-state index is -3.48. The van der Waals surface area contributed by atoms with E-state index in [0.29, 0.717) is 13.1 Å². The number of sulfonamides is 1. The molecule has 0 aliphatic rings. The van der Waals surface area contributed by atoms with Crippen molar-refractivity contribution in [3.8, 4) is 0 Å². The van der Waals surface area contributed by atoms with Crippen LogP contribution in [0.25, 0.3) is 0 Å². The molecule has 0 aromatic heterocycles. The van der Waals surface area contributed by atoms with Gasteiger partial charge in [-0.3, -0.25) is 4.72 Å². The predicted octanol–water partition coefficient (Wildman–Crippen LogP) is 1.57. The molecule has 1 unspecified atom stereocenters. The van der Waals surface area contributed by atoms with Crippen LogP contribution in [0.15, 0.2) is 24.3 Å². The van der Waals surface area contributed by atoms with E-state index < -0.39 is 21.1 Å². The molecule has 96 valence electrons. The lowest BCUT2D eigenvalue weighted by Crippen LogP contribution is -2.34. The van der Waals surface area contributed by atoms with Crippen LogP contribution in [0.4, 0.5) is 10.1 Å². The van der Waals surface area contributed by atoms with E-state index in [9.17, 15) is 12.8 Å². The predicted molar refractivity (Wildman–Crippen MR) is 66.9 cm³/mol. The third kappa shape index (κ3) is 4.32. The molecule has 6 heteroatoms. The van der Waals surface area contributed by atoms with Crippen molar-refractivity contribution >= 4 is 15.7 Å². The minimum Gasteiger partial charge on any atom is -0.316 e. The van der Waals surface area contributed by atoms with Crippen molar-refractivity contribution in [2.45, 2.75) is 19.1 Å². The largest absolute Gasteiger partial charge is 0.316 e. The average molecular weight is 260 g/mol. The molecule has 0 aliphatic carbocycles. The second-order valence-corrected chi connectivity index (χ2v) is 5.87. The van der Waals surface area contributed by atoms with Crippen molar-refractivity contribution in [2.24, 2.45) is 0 Å². The second-order valence-electron chi connectivity index (χ2n) is 3.78. The molecule has 2 N–H and O–H groups in total. The van der Waals surface area contributed by atoms with E-state index in [1.54, 1.807) is 6.92 Å². The number of halogens is 1. The summed E-state index contributed by atoms with van der Waals surface area (Å²) in [5.74, 6) is -0.468. The summed E-state index contributed by atoms with van der Waals surface area (Å²) in [6, 6.07) is 5.39. The zero-order valence-electron chi connectivity index (χ0n) is 9.90. The number of nitrogens with one attached hydrogen (secondary N) is 2. The lowest BCUT2D eigenvalue weighted by Gasteiger charge is -2.14. The molecular formula is C11H17FN2O2S. The quantitative estimate of drug-likeness (QED) is 0.816. The molecule has 0 fully saturated rings. The van der Waals surface area contributed by atoms with E-state index in [0.717, 1.165) is 6.07 Å². The van der Waals surface area contributed by atoms with Gasteiger partial charge in [-0.05, 0) is 31.7 Å². The minimum absolute atomic E-state index is 0.244. The molecule has 0 radical (unpaired) electrons. The van der Waals surface area contributed by atoms with Gasteiger partial charge in [-0.25, -0.2) is 12.8 Å². The number of hydrogen-bond donors (Lipinski definition) is 2. The molecule has 0 spiro atoms. The summed E-state index contributed by atoms with van der Waals surface area (Å²) in [7, 11) is -3.48. The van der Waals surface area contributed by atoms with Gasteiger partial charge in [0.05, 0.1) is 10.9 Å². The Balaban J connectivity index is 2.72. The van der Waals surface area contributed by atoms with Crippen LogP contribution >= 0.6 is 0 Å². The molecule has 1 atom stereocenters. The Morgan fingerprint density at radius 3 is 2.71 bits per heavy atom. The van der Waals surface area contributed by atoms with Gasteiger partial charge < -0.3 is 5.32 Å². The highest BCUT2D eigenvalue weighted by molar-refractivity contribution is 7.93. The summed E-state index contributed by atoms with van der Waals surface area (Å²) >= 11 is 0. The topological polar surface area (TPSA) is 58.2 Å². The lowest BCUT2D eigenvalue weighted by atomic mass is 10.3. The first-order valence-corrected chi connectivity index (χ1v) is 6.98. The van der Waals surface area contributed by atoms with E-state index >= 15 is 0 Å². The van der Waals surface area contributed by atoms with Gasteiger partial charge in [-0.1, -0.05) is 13.0 Å². The van der Waals surface area contributed by atoms with E-state index in [1.165, 1.54) is 18.2 Å². The standard InChI is InChI=1S/C11H17FN2O2S/c1-3-13-8-9(2)17(15,16)14-11-6-4-5-10(12)7-11/h4-7,9,13-14H,3,8H2,1-2H3. The summed E-state index contributed by atoms with van der Waals surface area (Å²) in [5, 5.41) is 2.38. The van der Waals surface area contributed by atoms with Crippen molar-refractivity contribution in [3.63, 3.8) is 0 Å². The first-order chi connectivity index (χ1) is 7.95. The maximum atomic E-state index is 12.9. The van der Waals surface area contributed by atoms with Crippen LogP contribution in [-0.2, 0) is 10.0 Å². The van der Waals surface area contributed by atoms with Crippen LogP contribution in [0.3, 0.4) is 0 Å². The zero-order valence-corrected chi connectivity index (χ0v) is 10.7. The average Bonchev–Trinajstić information content (AvgIpc) is 2.25. The fourth-order valence-electron chi connectivity index (χ4n) is 1.27. The highest BCUT2D eigenvalue weighted by Crippen LogP contribution is 2.13. The first kappa shape index (κ1) is 13.9. The fraction of sp³-hybridized carbons (Fsp3) is 0.455. The molecule has 0 saturated heterocycles. The summed E-state index contributed by atoms with van der Waals surface area (Å²) in [4.78, 5) is 0. The molecule has 0 bridgehead atoms. The summed E-state index contributed by atoms with van der Waals surface area (Å²) in [5.41, 5.74) is 0.244. The smallest absolute Gasteiger partial charge is 0.236 e. The first-order valence-electron chi connectivity index (χ1n) is 5.43. The van der Waals surface area contributed by atoms with Gasteiger partial charge in [0.1, 0.15) is 5.82 Å². The maximum Gasteiger partial charge on any atom is 0.236 e. The van der Waals surface area contributed by atoms with Gasteiger partial charge >= 0.3 is 0 Å². The number of benzene rings is 1. The van der Waals surface area contributed by atoms with Crippen molar-refractivity contribution in [2.75, 3.05) is 17.8 Å². The molecule has 0 saturated carbocycles. The molecule has 0 heterocycles. The highest BCUT2D eigenvalue weighted by Gasteiger charge is 2.20. The van der Waals surface area contributed by atoms with Gasteiger partial charge in [0.25, 0.3) is 0 Å². The van der Waals surface area contributed by atoms with Crippen molar-refractivity contribution < 1.29 is 12.8 Å². The molecule has 0 aliphatic heterocycles. The fourth-order valence-corrected chi connectivity index (χ4v) is 2.27. The maximum absolute atomic E-state index is 12.9. The van der Waals surface area contributed by atoms with Crippen LogP contribution in [-0.4, -0.2) is 26.8 Å². The van der Waals surface area contributed by atoms with Gasteiger partial charge in [-0.2, -0.15) is 0 Å². The van der Waals surface area contributed by atoms with E-state index in [1.807, 2.05) is 6.92 Å². The Morgan fingerprint density at radius 1 is 1.41 bits per heavy atom. The van der Waals surface area contributed by atoms with Crippen molar-refractivity contribution in [1.29, 1.82) is 0 Å². The Kier molecular flexibility index (Phi) is 4.89. The molecular weight excluding hydrogens is 243 g/mol. The van der Waals surface area contributed by atoms with Crippen LogP contribution in [0.5, 0.6) is 0 Å². The Morgan fingerprint density at radius 2 is 2.12 bits per heavy atom. The highest BCUT2D eigenvalue weighted by atomic mass is 32.2. The Labute approximate surface area is 101 Å². The van der Waals surface area contributed by atoms with E-state index in [-0.39, 0.29) is 5.69 Å². The number of rotatable bonds is 6. The lowest BCUT2D eigenvalue weighted by molar-refractivity contribution is 0.579. The molecule has 0 amide bonds. The molecule has 1 aromatic rings. The van der Waals surface area contributed by atoms with Gasteiger partial charge in [0.2, 0.25) is 10.0 Å². The van der Waals surface area contributed by atoms with E-state index in [4.69, 9.17) is 0 Å². The SMILES string of the molecule is CCNCC(C)S(=O)(=O)Nc1cccc(F)c1. The monoisotopic (exact) mass is 260 g/mol. The van der Waals surface area contributed by atoms with Crippen LogP contribution in [0, 0.1) is 5.82 Å². The second kappa shape index (κ2) is 5.97. The number of hydrogen-bond acceptors (Lipinski definition) is 3. The third-order valence-electron chi connectivity index (χ3n) is 2.30. The van der Waals surface area contributed by atoms with Crippen molar-refractivity contribution in [1.82, 2.24) is 5.32 Å². The zero-order chi connectivity index (χ0) is 12.9. The molecule has 17 heavy (non-hydrogen) atoms. The van der Waals surface area contributed by atoms with Crippen LogP contribution in [0.1, 0.15) is 13.8 Å². The van der Waals surface area contributed by atoms with E-state index in [2.05, 4.69) is 10.0 Å². The molecule has 1 aromatic carbocycles. The number of anilines is 1. The van der Waals surface area contributed by atoms with Gasteiger partial charge in [-0.15, -0.1) is 0 Å². The van der Waals surface area contributed by atoms with Crippen molar-refractivity contribution in [3.05, 3.63) is 30.1 Å². The van der Waals surface area contributed by atoms with Crippen LogP contribution < -0.4 is 10.0 Å². The molecule has 4 nitrogen and oxygen atoms in total.